The summed E-state index contributed by atoms with van der Waals surface area (Å²) in [5.74, 6) is -0.360. The van der Waals surface area contributed by atoms with E-state index in [-0.39, 0.29) is 11.5 Å². The zero-order valence-corrected chi connectivity index (χ0v) is 13.7. The SMILES string of the molecule is C/C(NCCCn1ccnc1)=C(\C#N)C(=O)NCc1ccccc1. The van der Waals surface area contributed by atoms with Crippen LogP contribution in [-0.4, -0.2) is 22.0 Å². The number of rotatable bonds is 8. The lowest BCUT2D eigenvalue weighted by Gasteiger charge is -2.10. The molecule has 0 fully saturated rings. The van der Waals surface area contributed by atoms with Gasteiger partial charge in [-0.3, -0.25) is 4.79 Å². The maximum Gasteiger partial charge on any atom is 0.263 e. The Morgan fingerprint density at radius 1 is 1.29 bits per heavy atom. The molecule has 0 spiro atoms. The molecule has 124 valence electrons. The molecule has 2 rings (SSSR count). The Bertz CT molecular complexity index is 714. The number of carbonyl (C=O) groups excluding carboxylic acids is 1. The minimum Gasteiger partial charge on any atom is -0.387 e. The minimum absolute atomic E-state index is 0.119. The fourth-order valence-corrected chi connectivity index (χ4v) is 2.22. The topological polar surface area (TPSA) is 82.7 Å². The first-order valence-corrected chi connectivity index (χ1v) is 7.83. The molecule has 0 aliphatic carbocycles. The molecule has 0 aliphatic heterocycles. The number of hydrogen-bond donors (Lipinski definition) is 2. The summed E-state index contributed by atoms with van der Waals surface area (Å²) in [6.07, 6.45) is 6.28. The number of amides is 1. The molecule has 24 heavy (non-hydrogen) atoms. The van der Waals surface area contributed by atoms with E-state index < -0.39 is 0 Å². The van der Waals surface area contributed by atoms with Crippen molar-refractivity contribution in [2.45, 2.75) is 26.4 Å². The third-order valence-corrected chi connectivity index (χ3v) is 3.55. The highest BCUT2D eigenvalue weighted by atomic mass is 16.1. The van der Waals surface area contributed by atoms with E-state index in [1.807, 2.05) is 47.2 Å². The van der Waals surface area contributed by atoms with E-state index >= 15 is 0 Å². The average molecular weight is 323 g/mol. The maximum atomic E-state index is 12.2. The molecule has 0 unspecified atom stereocenters. The number of imidazole rings is 1. The number of aryl methyl sites for hydroxylation is 1. The highest BCUT2D eigenvalue weighted by Crippen LogP contribution is 2.03. The van der Waals surface area contributed by atoms with Gasteiger partial charge in [0.2, 0.25) is 0 Å². The summed E-state index contributed by atoms with van der Waals surface area (Å²) in [7, 11) is 0. The molecule has 0 saturated carbocycles. The maximum absolute atomic E-state index is 12.2. The lowest BCUT2D eigenvalue weighted by molar-refractivity contribution is -0.117. The van der Waals surface area contributed by atoms with Crippen LogP contribution < -0.4 is 10.6 Å². The van der Waals surface area contributed by atoms with Crippen LogP contribution in [0.15, 0.2) is 60.3 Å². The number of nitriles is 1. The zero-order chi connectivity index (χ0) is 17.2. The monoisotopic (exact) mass is 323 g/mol. The van der Waals surface area contributed by atoms with Gasteiger partial charge in [0.25, 0.3) is 5.91 Å². The van der Waals surface area contributed by atoms with Gasteiger partial charge < -0.3 is 15.2 Å². The van der Waals surface area contributed by atoms with E-state index in [2.05, 4.69) is 15.6 Å². The molecule has 0 saturated heterocycles. The third-order valence-electron chi connectivity index (χ3n) is 3.55. The molecule has 2 aromatic rings. The van der Waals surface area contributed by atoms with Crippen LogP contribution in [0, 0.1) is 11.3 Å². The smallest absolute Gasteiger partial charge is 0.263 e. The Kier molecular flexibility index (Phi) is 6.59. The lowest BCUT2D eigenvalue weighted by atomic mass is 10.2. The lowest BCUT2D eigenvalue weighted by Crippen LogP contribution is -2.27. The first kappa shape index (κ1) is 17.3. The van der Waals surface area contributed by atoms with Crippen LogP contribution in [-0.2, 0) is 17.9 Å². The molecule has 1 heterocycles. The van der Waals surface area contributed by atoms with Gasteiger partial charge >= 0.3 is 0 Å². The summed E-state index contributed by atoms with van der Waals surface area (Å²) >= 11 is 0. The van der Waals surface area contributed by atoms with Crippen molar-refractivity contribution in [3.8, 4) is 6.07 Å². The number of allylic oxidation sites excluding steroid dienone is 1. The van der Waals surface area contributed by atoms with Crippen LogP contribution in [0.25, 0.3) is 0 Å². The Balaban J connectivity index is 1.81. The van der Waals surface area contributed by atoms with Gasteiger partial charge in [-0.25, -0.2) is 4.98 Å². The van der Waals surface area contributed by atoms with Gasteiger partial charge in [-0.2, -0.15) is 5.26 Å². The summed E-state index contributed by atoms with van der Waals surface area (Å²) in [6, 6.07) is 11.6. The van der Waals surface area contributed by atoms with Crippen molar-refractivity contribution >= 4 is 5.91 Å². The molecule has 0 atom stereocenters. The van der Waals surface area contributed by atoms with Gasteiger partial charge in [-0.15, -0.1) is 0 Å². The summed E-state index contributed by atoms with van der Waals surface area (Å²) in [6.45, 7) is 3.67. The Morgan fingerprint density at radius 3 is 2.75 bits per heavy atom. The molecule has 1 aromatic carbocycles. The van der Waals surface area contributed by atoms with Crippen molar-refractivity contribution in [2.75, 3.05) is 6.54 Å². The number of hydrogen-bond acceptors (Lipinski definition) is 4. The van der Waals surface area contributed by atoms with Crippen molar-refractivity contribution < 1.29 is 4.79 Å². The van der Waals surface area contributed by atoms with Crippen molar-refractivity contribution in [1.29, 1.82) is 5.26 Å². The number of nitrogens with zero attached hydrogens (tertiary/aromatic N) is 3. The number of benzene rings is 1. The van der Waals surface area contributed by atoms with Gasteiger partial charge in [0.1, 0.15) is 11.6 Å². The second-order valence-electron chi connectivity index (χ2n) is 5.36. The minimum atomic E-state index is -0.360. The summed E-state index contributed by atoms with van der Waals surface area (Å²) in [5, 5.41) is 15.2. The fraction of sp³-hybridized carbons (Fsp3) is 0.278. The average Bonchev–Trinajstić information content (AvgIpc) is 3.12. The van der Waals surface area contributed by atoms with E-state index in [0.29, 0.717) is 18.8 Å². The van der Waals surface area contributed by atoms with E-state index in [1.165, 1.54) is 0 Å². The molecular formula is C18H21N5O. The molecule has 6 heteroatoms. The predicted molar refractivity (Wildman–Crippen MR) is 91.4 cm³/mol. The van der Waals surface area contributed by atoms with Crippen LogP contribution in [0.3, 0.4) is 0 Å². The van der Waals surface area contributed by atoms with Gasteiger partial charge in [0, 0.05) is 37.7 Å². The van der Waals surface area contributed by atoms with Crippen LogP contribution in [0.2, 0.25) is 0 Å². The quantitative estimate of drug-likeness (QED) is 0.442. The first-order chi connectivity index (χ1) is 11.7. The Morgan fingerprint density at radius 2 is 2.08 bits per heavy atom. The van der Waals surface area contributed by atoms with E-state index in [4.69, 9.17) is 0 Å². The van der Waals surface area contributed by atoms with Crippen molar-refractivity contribution in [1.82, 2.24) is 20.2 Å². The Labute approximate surface area is 141 Å². The van der Waals surface area contributed by atoms with Crippen LogP contribution in [0.5, 0.6) is 0 Å². The van der Waals surface area contributed by atoms with Gasteiger partial charge in [0.15, 0.2) is 0 Å². The molecule has 6 nitrogen and oxygen atoms in total. The zero-order valence-electron chi connectivity index (χ0n) is 13.7. The first-order valence-electron chi connectivity index (χ1n) is 7.83. The number of carbonyl (C=O) groups is 1. The normalized spacial score (nSPS) is 11.3. The second kappa shape index (κ2) is 9.16. The van der Waals surface area contributed by atoms with Crippen LogP contribution in [0.1, 0.15) is 18.9 Å². The number of nitrogens with one attached hydrogen (secondary N) is 2. The number of aromatic nitrogens is 2. The van der Waals surface area contributed by atoms with Crippen molar-refractivity contribution in [2.24, 2.45) is 0 Å². The summed E-state index contributed by atoms with van der Waals surface area (Å²) in [4.78, 5) is 16.1. The van der Waals surface area contributed by atoms with E-state index in [9.17, 15) is 10.1 Å². The van der Waals surface area contributed by atoms with Crippen molar-refractivity contribution in [3.05, 3.63) is 65.9 Å². The van der Waals surface area contributed by atoms with Gasteiger partial charge in [-0.05, 0) is 18.9 Å². The summed E-state index contributed by atoms with van der Waals surface area (Å²) in [5.41, 5.74) is 1.70. The van der Waals surface area contributed by atoms with Crippen LogP contribution in [0.4, 0.5) is 0 Å². The van der Waals surface area contributed by atoms with E-state index in [0.717, 1.165) is 18.5 Å². The highest BCUT2D eigenvalue weighted by Gasteiger charge is 2.12. The second-order valence-corrected chi connectivity index (χ2v) is 5.36. The molecule has 0 radical (unpaired) electrons. The highest BCUT2D eigenvalue weighted by molar-refractivity contribution is 5.97. The van der Waals surface area contributed by atoms with Gasteiger partial charge in [0.05, 0.1) is 6.33 Å². The van der Waals surface area contributed by atoms with Gasteiger partial charge in [-0.1, -0.05) is 30.3 Å². The van der Waals surface area contributed by atoms with E-state index in [1.54, 1.807) is 19.4 Å². The summed E-state index contributed by atoms with van der Waals surface area (Å²) < 4.78 is 1.98. The molecule has 1 amide bonds. The molecule has 2 N–H and O–H groups in total. The largest absolute Gasteiger partial charge is 0.387 e. The molecule has 0 bridgehead atoms. The predicted octanol–water partition coefficient (Wildman–Crippen LogP) is 1.98. The van der Waals surface area contributed by atoms with Crippen LogP contribution >= 0.6 is 0 Å². The Hall–Kier alpha value is -3.07. The molecular weight excluding hydrogens is 302 g/mol. The molecule has 0 aliphatic rings. The fourth-order valence-electron chi connectivity index (χ4n) is 2.22. The third kappa shape index (κ3) is 5.29. The van der Waals surface area contributed by atoms with Crippen molar-refractivity contribution in [3.63, 3.8) is 0 Å². The standard InChI is InChI=1S/C18H21N5O/c1-15(21-8-5-10-23-11-9-20-14-23)17(12-19)18(24)22-13-16-6-3-2-4-7-16/h2-4,6-7,9,11,14,21H,5,8,10,13H2,1H3,(H,22,24)/b17-15-. The molecule has 1 aromatic heterocycles.